The Morgan fingerprint density at radius 3 is 2.00 bits per heavy atom. The summed E-state index contributed by atoms with van der Waals surface area (Å²) in [5.41, 5.74) is -0.406. The second kappa shape index (κ2) is 1.90. The molecule has 0 aliphatic heterocycles. The number of hydrogen-bond acceptors (Lipinski definition) is 2. The molecule has 0 saturated carbocycles. The van der Waals surface area contributed by atoms with Crippen LogP contribution in [0.2, 0.25) is 0 Å². The lowest BCUT2D eigenvalue weighted by Crippen LogP contribution is -1.84. The Morgan fingerprint density at radius 2 is 1.75 bits per heavy atom. The summed E-state index contributed by atoms with van der Waals surface area (Å²) < 4.78 is 41.9. The van der Waals surface area contributed by atoms with E-state index in [-0.39, 0.29) is 11.4 Å². The van der Waals surface area contributed by atoms with Crippen molar-refractivity contribution in [3.63, 3.8) is 0 Å². The zero-order valence-electron chi connectivity index (χ0n) is 10.0. The predicted octanol–water partition coefficient (Wildman–Crippen LogP) is 1.09. The van der Waals surface area contributed by atoms with Gasteiger partial charge < -0.3 is 0 Å². The van der Waals surface area contributed by atoms with Crippen LogP contribution in [0, 0.1) is 13.7 Å². The largest absolute Gasteiger partial charge is 0.258 e. The zero-order valence-corrected chi connectivity index (χ0v) is 4.05. The van der Waals surface area contributed by atoms with E-state index in [1.165, 1.54) is 0 Å². The van der Waals surface area contributed by atoms with E-state index in [2.05, 4.69) is 9.97 Å². The van der Waals surface area contributed by atoms with E-state index >= 15 is 0 Å². The van der Waals surface area contributed by atoms with Gasteiger partial charge in [0.1, 0.15) is 0 Å². The van der Waals surface area contributed by atoms with Crippen molar-refractivity contribution in [1.29, 1.82) is 0 Å². The Labute approximate surface area is 57.0 Å². The maximum atomic E-state index is 6.99. The van der Waals surface area contributed by atoms with Crippen molar-refractivity contribution >= 4 is 0 Å². The van der Waals surface area contributed by atoms with Gasteiger partial charge in [-0.1, -0.05) is 0 Å². The second-order valence-electron chi connectivity index (χ2n) is 1.29. The first-order valence-electron chi connectivity index (χ1n) is 5.04. The van der Waals surface area contributed by atoms with Gasteiger partial charge in [-0.25, -0.2) is 0 Å². The van der Waals surface area contributed by atoms with Gasteiger partial charge in [-0.2, -0.15) is 0 Å². The molecule has 0 aromatic carbocycles. The van der Waals surface area contributed by atoms with Crippen LogP contribution >= 0.6 is 0 Å². The van der Waals surface area contributed by atoms with Crippen molar-refractivity contribution in [2.45, 2.75) is 13.7 Å². The molecule has 1 rings (SSSR count). The Morgan fingerprint density at radius 1 is 1.25 bits per heavy atom. The quantitative estimate of drug-likeness (QED) is 0.504. The molecule has 1 aromatic rings. The van der Waals surface area contributed by atoms with Crippen LogP contribution in [0.25, 0.3) is 0 Å². The van der Waals surface area contributed by atoms with Crippen LogP contribution in [0.3, 0.4) is 0 Å². The minimum Gasteiger partial charge on any atom is -0.258 e. The molecule has 0 radical (unpaired) electrons. The molecule has 0 aliphatic carbocycles. The van der Waals surface area contributed by atoms with Gasteiger partial charge in [0.2, 0.25) is 0 Å². The van der Waals surface area contributed by atoms with Crippen LogP contribution in [0.4, 0.5) is 0 Å². The van der Waals surface area contributed by atoms with Crippen molar-refractivity contribution in [2.24, 2.45) is 0 Å². The molecule has 0 fully saturated rings. The molecule has 0 bridgehead atoms. The van der Waals surface area contributed by atoms with Gasteiger partial charge in [-0.3, -0.25) is 9.97 Å². The highest BCUT2D eigenvalue weighted by molar-refractivity contribution is 4.97. The number of hydrogen-bond donors (Lipinski definition) is 0. The molecule has 42 valence electrons. The summed E-state index contributed by atoms with van der Waals surface area (Å²) in [6.07, 6.45) is 1.93. The maximum absolute atomic E-state index is 6.99. The molecule has 0 aliphatic rings. The molecule has 2 heteroatoms. The van der Waals surface area contributed by atoms with Gasteiger partial charge in [0.15, 0.2) is 0 Å². The molecule has 0 atom stereocenters. The summed E-state index contributed by atoms with van der Waals surface area (Å²) in [5.74, 6) is 0. The second-order valence-corrected chi connectivity index (χ2v) is 1.29. The van der Waals surface area contributed by atoms with E-state index < -0.39 is 13.7 Å². The summed E-state index contributed by atoms with van der Waals surface area (Å²) in [7, 11) is 0. The smallest absolute Gasteiger partial charge is 0.0555 e. The number of aryl methyl sites for hydroxylation is 2. The lowest BCUT2D eigenvalue weighted by atomic mass is 10.5. The number of aromatic nitrogens is 2. The third-order valence-electron chi connectivity index (χ3n) is 0.652. The van der Waals surface area contributed by atoms with E-state index in [1.54, 1.807) is 0 Å². The van der Waals surface area contributed by atoms with Gasteiger partial charge in [-0.05, 0) is 13.7 Å². The lowest BCUT2D eigenvalue weighted by molar-refractivity contribution is 1.06. The molecule has 0 spiro atoms. The van der Waals surface area contributed by atoms with Crippen LogP contribution < -0.4 is 0 Å². The van der Waals surface area contributed by atoms with E-state index in [0.29, 0.717) is 0 Å². The minimum atomic E-state index is -2.35. The van der Waals surface area contributed by atoms with Gasteiger partial charge in [0, 0.05) is 20.6 Å². The summed E-state index contributed by atoms with van der Waals surface area (Å²) in [6.45, 7) is -4.69. The van der Waals surface area contributed by atoms with Crippen molar-refractivity contribution in [3.8, 4) is 0 Å². The fourth-order valence-electron chi connectivity index (χ4n) is 0.328. The molecule has 0 amide bonds. The van der Waals surface area contributed by atoms with Crippen molar-refractivity contribution in [3.05, 3.63) is 23.8 Å². The molecular weight excluding hydrogens is 100 g/mol. The first-order chi connectivity index (χ1) is 6.21. The summed E-state index contributed by atoms with van der Waals surface area (Å²) in [5, 5.41) is 0. The highest BCUT2D eigenvalue weighted by Gasteiger charge is 1.82. The molecule has 1 aromatic heterocycles. The first kappa shape index (κ1) is 1.53. The van der Waals surface area contributed by atoms with Gasteiger partial charge in [-0.15, -0.1) is 0 Å². The Kier molecular flexibility index (Phi) is 0.364. The molecule has 8 heavy (non-hydrogen) atoms. The van der Waals surface area contributed by atoms with Crippen LogP contribution in [0.1, 0.15) is 19.6 Å². The van der Waals surface area contributed by atoms with Gasteiger partial charge in [0.05, 0.1) is 11.4 Å². The molecule has 0 N–H and O–H groups in total. The fraction of sp³-hybridized carbons (Fsp3) is 0.333. The van der Waals surface area contributed by atoms with Gasteiger partial charge >= 0.3 is 0 Å². The highest BCUT2D eigenvalue weighted by Crippen LogP contribution is 1.88. The number of nitrogens with zero attached hydrogens (tertiary/aromatic N) is 2. The van der Waals surface area contributed by atoms with E-state index in [9.17, 15) is 0 Å². The van der Waals surface area contributed by atoms with Crippen LogP contribution in [-0.4, -0.2) is 9.97 Å². The monoisotopic (exact) mass is 114 g/mol. The van der Waals surface area contributed by atoms with Crippen LogP contribution in [0.15, 0.2) is 12.4 Å². The topological polar surface area (TPSA) is 25.8 Å². The normalized spacial score (nSPS) is 23.5. The Bertz CT molecular complexity index is 278. The molecular formula is C6H8N2. The third-order valence-corrected chi connectivity index (χ3v) is 0.652. The SMILES string of the molecule is [2H]C([2H])([2H])c1cnc(C([2H])([2H])[2H])cn1. The predicted molar refractivity (Wildman–Crippen MR) is 31.5 cm³/mol. The minimum absolute atomic E-state index is 0.203. The van der Waals surface area contributed by atoms with Crippen LogP contribution in [0.5, 0.6) is 0 Å². The van der Waals surface area contributed by atoms with Crippen LogP contribution in [-0.2, 0) is 0 Å². The number of rotatable bonds is 0. The highest BCUT2D eigenvalue weighted by atomic mass is 14.8. The molecule has 0 unspecified atom stereocenters. The van der Waals surface area contributed by atoms with E-state index in [0.717, 1.165) is 12.4 Å². The maximum Gasteiger partial charge on any atom is 0.0555 e. The fourth-order valence-corrected chi connectivity index (χ4v) is 0.328. The van der Waals surface area contributed by atoms with Crippen molar-refractivity contribution in [1.82, 2.24) is 9.97 Å². The van der Waals surface area contributed by atoms with E-state index in [4.69, 9.17) is 8.22 Å². The van der Waals surface area contributed by atoms with Gasteiger partial charge in [0.25, 0.3) is 0 Å². The Balaban J connectivity index is 3.02. The summed E-state index contributed by atoms with van der Waals surface area (Å²) in [6, 6.07) is 0. The third kappa shape index (κ3) is 1.03. The average molecular weight is 114 g/mol. The Hall–Kier alpha value is -0.920. The average Bonchev–Trinajstić information content (AvgIpc) is 2.01. The summed E-state index contributed by atoms with van der Waals surface area (Å²) >= 11 is 0. The summed E-state index contributed by atoms with van der Waals surface area (Å²) in [4.78, 5) is 7.06. The van der Waals surface area contributed by atoms with Crippen molar-refractivity contribution in [2.75, 3.05) is 0 Å². The molecule has 1 heterocycles. The molecule has 0 saturated heterocycles. The van der Waals surface area contributed by atoms with E-state index in [1.807, 2.05) is 0 Å². The standard InChI is InChI=1S/C6H8N2/c1-5-3-8-6(2)4-7-5/h3-4H,1-2H3/i1D3,2D3. The molecule has 2 nitrogen and oxygen atoms in total. The lowest BCUT2D eigenvalue weighted by Gasteiger charge is -1.88. The first-order valence-corrected chi connectivity index (χ1v) is 2.04. The zero-order chi connectivity index (χ0) is 11.0. The van der Waals surface area contributed by atoms with Crippen molar-refractivity contribution < 1.29 is 8.22 Å².